The van der Waals surface area contributed by atoms with Crippen molar-refractivity contribution >= 4 is 93.5 Å². The SMILES string of the molecule is [AlH3].[BaH2].[Fe].[PbH2].[Zn]. The standard InChI is InChI=1S/Al.Ba.Fe.Pb.Zn.7H. The quantitative estimate of drug-likeness (QED) is 0.312. The molecule has 0 aromatic heterocycles. The van der Waals surface area contributed by atoms with E-state index in [0.29, 0.717) is 0 Å². The van der Waals surface area contributed by atoms with Gasteiger partial charge in [0.15, 0.2) is 17.4 Å². The third-order valence-corrected chi connectivity index (χ3v) is 0. The van der Waals surface area contributed by atoms with Crippen molar-refractivity contribution in [3.63, 3.8) is 0 Å². The van der Waals surface area contributed by atoms with E-state index in [4.69, 9.17) is 0 Å². The topological polar surface area (TPSA) is 0 Å². The minimum Gasteiger partial charge on any atom is 0 e. The normalized spacial score (nSPS) is 0. The van der Waals surface area contributed by atoms with Crippen molar-refractivity contribution in [1.29, 1.82) is 0 Å². The summed E-state index contributed by atoms with van der Waals surface area (Å²) >= 11 is 0. The van der Waals surface area contributed by atoms with Crippen LogP contribution in [0.2, 0.25) is 0 Å². The van der Waals surface area contributed by atoms with E-state index in [9.17, 15) is 0 Å². The second-order valence-corrected chi connectivity index (χ2v) is 0. The van der Waals surface area contributed by atoms with E-state index in [-0.39, 0.29) is 130 Å². The largest absolute Gasteiger partial charge is 0 e. The fourth-order valence-corrected chi connectivity index (χ4v) is 0. The van der Waals surface area contributed by atoms with Crippen molar-refractivity contribution in [2.45, 2.75) is 0 Å². The van der Waals surface area contributed by atoms with Crippen molar-refractivity contribution in [3.05, 3.63) is 0 Å². The second-order valence-electron chi connectivity index (χ2n) is 0. The molecule has 0 rings (SSSR count). The molecule has 0 amide bonds. The van der Waals surface area contributed by atoms with Gasteiger partial charge in [0.05, 0.1) is 0 Å². The van der Waals surface area contributed by atoms with Gasteiger partial charge in [0.25, 0.3) is 0 Å². The first kappa shape index (κ1) is 35.2. The fourth-order valence-electron chi connectivity index (χ4n) is 0. The van der Waals surface area contributed by atoms with Gasteiger partial charge >= 0.3 is 76.2 Å². The number of rotatable bonds is 0. The Hall–Kier alpha value is 4.17. The molecule has 2 radical (unpaired) electrons. The van der Waals surface area contributed by atoms with Gasteiger partial charge in [-0.15, -0.1) is 0 Å². The molecule has 0 aliphatic rings. The summed E-state index contributed by atoms with van der Waals surface area (Å²) in [5.74, 6) is 0. The fraction of sp³-hybridized carbons (Fsp3) is 0. The van der Waals surface area contributed by atoms with Crippen LogP contribution in [0.15, 0.2) is 0 Å². The first-order valence-electron chi connectivity index (χ1n) is 0. The Morgan fingerprint density at radius 3 is 1.00 bits per heavy atom. The molecule has 0 heterocycles. The zero-order valence-electron chi connectivity index (χ0n) is 1.77. The van der Waals surface area contributed by atoms with E-state index in [1.807, 2.05) is 0 Å². The Labute approximate surface area is 127 Å². The van der Waals surface area contributed by atoms with Crippen LogP contribution in [0, 0.1) is 0 Å². The molecular weight excluding hydrogens is 493 g/mol. The monoisotopic (exact) mass is 500 g/mol. The van der Waals surface area contributed by atoms with Crippen LogP contribution in [0.25, 0.3) is 0 Å². The van der Waals surface area contributed by atoms with Gasteiger partial charge < -0.3 is 0 Å². The van der Waals surface area contributed by atoms with Gasteiger partial charge in [-0.05, 0) is 0 Å². The number of hydrogen-bond donors (Lipinski definition) is 0. The zero-order chi connectivity index (χ0) is 0. The summed E-state index contributed by atoms with van der Waals surface area (Å²) in [6.07, 6.45) is 0. The molecule has 0 atom stereocenters. The average Bonchev–Trinajstić information content (AvgIpc) is 0. The van der Waals surface area contributed by atoms with Crippen LogP contribution in [0.3, 0.4) is 0 Å². The Balaban J connectivity index is 0. The third kappa shape index (κ3) is 17.9. The molecule has 0 saturated carbocycles. The van der Waals surface area contributed by atoms with Crippen molar-refractivity contribution in [2.75, 3.05) is 0 Å². The maximum absolute atomic E-state index is 0. The molecule has 0 unspecified atom stereocenters. The van der Waals surface area contributed by atoms with Crippen LogP contribution in [0.4, 0.5) is 0 Å². The van der Waals surface area contributed by atoms with E-state index in [0.717, 1.165) is 0 Å². The minimum absolute atomic E-state index is 0. The summed E-state index contributed by atoms with van der Waals surface area (Å²) in [5.41, 5.74) is 0. The predicted molar refractivity (Wildman–Crippen MR) is 27.0 cm³/mol. The molecule has 0 aliphatic heterocycles. The summed E-state index contributed by atoms with van der Waals surface area (Å²) in [7, 11) is 0. The Kier molecular flexibility index (Phi) is 170. The van der Waals surface area contributed by atoms with Crippen LogP contribution in [0.5, 0.6) is 0 Å². The van der Waals surface area contributed by atoms with Gasteiger partial charge in [-0.1, -0.05) is 0 Å². The zero-order valence-corrected chi connectivity index (χ0v) is 11.3. The van der Waals surface area contributed by atoms with Crippen LogP contribution in [-0.4, -0.2) is 93.5 Å². The first-order valence-corrected chi connectivity index (χ1v) is 0. The van der Waals surface area contributed by atoms with Gasteiger partial charge in [-0.25, -0.2) is 0 Å². The predicted octanol–water partition coefficient (Wildman–Crippen LogP) is -3.02. The third-order valence-electron chi connectivity index (χ3n) is 0. The van der Waals surface area contributed by atoms with Gasteiger partial charge in [0.2, 0.25) is 0 Å². The Morgan fingerprint density at radius 1 is 1.00 bits per heavy atom. The van der Waals surface area contributed by atoms with Crippen LogP contribution in [-0.2, 0) is 36.5 Å². The van der Waals surface area contributed by atoms with E-state index in [1.165, 1.54) is 0 Å². The first-order chi connectivity index (χ1) is 0. The minimum atomic E-state index is 0. The molecule has 5 heavy (non-hydrogen) atoms. The molecule has 26 valence electrons. The molecular formula is H7AlBaFePbZn. The van der Waals surface area contributed by atoms with Crippen LogP contribution in [0.1, 0.15) is 0 Å². The molecule has 0 spiro atoms. The summed E-state index contributed by atoms with van der Waals surface area (Å²) in [5, 5.41) is 0. The molecule has 0 aliphatic carbocycles. The molecule has 0 saturated heterocycles. The van der Waals surface area contributed by atoms with E-state index < -0.39 is 0 Å². The van der Waals surface area contributed by atoms with E-state index in [1.54, 1.807) is 0 Å². The summed E-state index contributed by atoms with van der Waals surface area (Å²) in [6.45, 7) is 0. The van der Waals surface area contributed by atoms with Crippen molar-refractivity contribution in [3.8, 4) is 0 Å². The van der Waals surface area contributed by atoms with Gasteiger partial charge in [0.1, 0.15) is 0 Å². The summed E-state index contributed by atoms with van der Waals surface area (Å²) < 4.78 is 0. The van der Waals surface area contributed by atoms with E-state index in [2.05, 4.69) is 0 Å². The Morgan fingerprint density at radius 2 is 1.00 bits per heavy atom. The van der Waals surface area contributed by atoms with Crippen LogP contribution < -0.4 is 0 Å². The smallest absolute Gasteiger partial charge is 0 e. The van der Waals surface area contributed by atoms with Crippen molar-refractivity contribution in [2.24, 2.45) is 0 Å². The molecule has 0 nitrogen and oxygen atoms in total. The maximum atomic E-state index is 0. The average molecular weight is 500 g/mol. The molecule has 0 bridgehead atoms. The van der Waals surface area contributed by atoms with Crippen molar-refractivity contribution in [1.82, 2.24) is 0 Å². The molecule has 0 N–H and O–H groups in total. The van der Waals surface area contributed by atoms with Gasteiger partial charge in [-0.3, -0.25) is 0 Å². The van der Waals surface area contributed by atoms with Gasteiger partial charge in [0, 0.05) is 36.5 Å². The maximum Gasteiger partial charge on any atom is 0 e. The second kappa shape index (κ2) is 24.2. The van der Waals surface area contributed by atoms with Crippen LogP contribution >= 0.6 is 0 Å². The van der Waals surface area contributed by atoms with Gasteiger partial charge in [-0.2, -0.15) is 0 Å². The molecule has 0 aromatic rings. The number of hydrogen-bond acceptors (Lipinski definition) is 0. The van der Waals surface area contributed by atoms with E-state index >= 15 is 0 Å². The van der Waals surface area contributed by atoms with Crippen molar-refractivity contribution < 1.29 is 36.5 Å². The molecule has 0 fully saturated rings. The molecule has 0 aromatic carbocycles. The Bertz CT molecular complexity index is 11.6. The molecule has 5 heteroatoms. The summed E-state index contributed by atoms with van der Waals surface area (Å²) in [4.78, 5) is 0. The summed E-state index contributed by atoms with van der Waals surface area (Å²) in [6, 6.07) is 0.